The number of aliphatic imine (C=N–C) groups is 1. The summed E-state index contributed by atoms with van der Waals surface area (Å²) in [7, 11) is 1.39. The number of ether oxygens (including phenoxy) is 2. The number of hydrogen-bond donors (Lipinski definition) is 1. The Hall–Kier alpha value is -3.48. The fourth-order valence-electron chi connectivity index (χ4n) is 6.11. The standard InChI is InChI=1S/C36H41ClN2O4/c1-24(2)26-17-19-36(20-18-26,39-34(27-9-10-27)28-11-13-29(14-12-28)35(41)42-3)38-32(22-40)30-15-16-33(31(37)21-30)43-23-25-7-5-4-6-8-25/h4-8,11-16,21-22,24,26-27,34,39H,9-10,17-20,23H2,1-3H3/b38-32+/t26?,34-,36?/m1/s1. The summed E-state index contributed by atoms with van der Waals surface area (Å²) in [6.45, 7) is 4.97. The number of hydrogen-bond acceptors (Lipinski definition) is 6. The highest BCUT2D eigenvalue weighted by molar-refractivity contribution is 6.38. The summed E-state index contributed by atoms with van der Waals surface area (Å²) in [4.78, 5) is 29.8. The van der Waals surface area contributed by atoms with E-state index in [0.29, 0.717) is 52.0 Å². The fraction of sp³-hybridized carbons (Fsp3) is 0.417. The molecule has 0 spiro atoms. The van der Waals surface area contributed by atoms with Crippen molar-refractivity contribution in [3.05, 3.63) is 100 Å². The monoisotopic (exact) mass is 600 g/mol. The van der Waals surface area contributed by atoms with Crippen LogP contribution in [0.25, 0.3) is 0 Å². The van der Waals surface area contributed by atoms with E-state index in [9.17, 15) is 9.59 Å². The summed E-state index contributed by atoms with van der Waals surface area (Å²) in [5.74, 6) is 1.92. The predicted octanol–water partition coefficient (Wildman–Crippen LogP) is 7.98. The van der Waals surface area contributed by atoms with Crippen LogP contribution in [0.5, 0.6) is 5.75 Å². The first-order chi connectivity index (χ1) is 20.8. The summed E-state index contributed by atoms with van der Waals surface area (Å²) in [5, 5.41) is 4.39. The number of esters is 1. The Kier molecular flexibility index (Phi) is 9.99. The fourth-order valence-corrected chi connectivity index (χ4v) is 6.35. The van der Waals surface area contributed by atoms with E-state index >= 15 is 0 Å². The Balaban J connectivity index is 1.42. The molecule has 0 unspecified atom stereocenters. The molecule has 1 N–H and O–H groups in total. The van der Waals surface area contributed by atoms with E-state index in [4.69, 9.17) is 26.1 Å². The van der Waals surface area contributed by atoms with Crippen molar-refractivity contribution in [3.8, 4) is 5.75 Å². The van der Waals surface area contributed by atoms with Crippen LogP contribution in [0.15, 0.2) is 77.8 Å². The van der Waals surface area contributed by atoms with Gasteiger partial charge in [0.15, 0.2) is 6.29 Å². The summed E-state index contributed by atoms with van der Waals surface area (Å²) < 4.78 is 10.8. The van der Waals surface area contributed by atoms with Crippen molar-refractivity contribution >= 4 is 29.6 Å². The molecule has 2 aliphatic rings. The summed E-state index contributed by atoms with van der Waals surface area (Å²) in [5.41, 5.74) is 3.15. The number of benzene rings is 3. The SMILES string of the molecule is COC(=O)c1ccc([C@H](NC2(/N=C(\C=O)c3ccc(OCc4ccccc4)c(Cl)c3)CCC(C(C)C)CC2)C2CC2)cc1. The molecule has 7 heteroatoms. The van der Waals surface area contributed by atoms with Crippen molar-refractivity contribution in [1.82, 2.24) is 5.32 Å². The van der Waals surface area contributed by atoms with Gasteiger partial charge in [0.1, 0.15) is 23.7 Å². The lowest BCUT2D eigenvalue weighted by atomic mass is 9.76. The van der Waals surface area contributed by atoms with Gasteiger partial charge in [-0.1, -0.05) is 67.9 Å². The molecule has 2 aliphatic carbocycles. The Bertz CT molecular complexity index is 1430. The number of rotatable bonds is 12. The largest absolute Gasteiger partial charge is 0.487 e. The van der Waals surface area contributed by atoms with Gasteiger partial charge in [-0.05, 0) is 97.7 Å². The minimum absolute atomic E-state index is 0.0660. The molecule has 2 saturated carbocycles. The molecule has 3 aromatic rings. The summed E-state index contributed by atoms with van der Waals surface area (Å²) >= 11 is 6.64. The van der Waals surface area contributed by atoms with E-state index in [1.165, 1.54) is 7.11 Å². The smallest absolute Gasteiger partial charge is 0.337 e. The van der Waals surface area contributed by atoms with Crippen LogP contribution in [0.1, 0.15) is 85.5 Å². The number of methoxy groups -OCH3 is 1. The maximum Gasteiger partial charge on any atom is 0.337 e. The minimum Gasteiger partial charge on any atom is -0.487 e. The number of halogens is 1. The maximum absolute atomic E-state index is 12.6. The van der Waals surface area contributed by atoms with Crippen LogP contribution in [0.4, 0.5) is 0 Å². The van der Waals surface area contributed by atoms with Crippen molar-refractivity contribution in [3.63, 3.8) is 0 Å². The van der Waals surface area contributed by atoms with Crippen molar-refractivity contribution in [2.75, 3.05) is 7.11 Å². The lowest BCUT2D eigenvalue weighted by molar-refractivity contribution is -0.102. The Morgan fingerprint density at radius 1 is 0.977 bits per heavy atom. The van der Waals surface area contributed by atoms with Crippen molar-refractivity contribution in [2.24, 2.45) is 22.7 Å². The Morgan fingerprint density at radius 2 is 1.65 bits per heavy atom. The molecule has 0 aromatic heterocycles. The van der Waals surface area contributed by atoms with E-state index in [1.54, 1.807) is 6.07 Å². The van der Waals surface area contributed by atoms with Gasteiger partial charge >= 0.3 is 5.97 Å². The van der Waals surface area contributed by atoms with Crippen molar-refractivity contribution in [1.29, 1.82) is 0 Å². The van der Waals surface area contributed by atoms with E-state index in [0.717, 1.165) is 55.9 Å². The van der Waals surface area contributed by atoms with Crippen LogP contribution in [0.2, 0.25) is 5.02 Å². The van der Waals surface area contributed by atoms with Crippen molar-refractivity contribution in [2.45, 2.75) is 70.7 Å². The summed E-state index contributed by atoms with van der Waals surface area (Å²) in [6.07, 6.45) is 6.84. The van der Waals surface area contributed by atoms with Crippen LogP contribution in [0, 0.1) is 17.8 Å². The number of aldehydes is 1. The maximum atomic E-state index is 12.6. The van der Waals surface area contributed by atoms with Gasteiger partial charge in [0.05, 0.1) is 17.7 Å². The molecule has 0 amide bonds. The first-order valence-corrected chi connectivity index (χ1v) is 15.7. The van der Waals surface area contributed by atoms with Gasteiger partial charge in [-0.25, -0.2) is 4.79 Å². The molecule has 1 atom stereocenters. The zero-order valence-corrected chi connectivity index (χ0v) is 26.0. The molecule has 226 valence electrons. The zero-order chi connectivity index (χ0) is 30.4. The topological polar surface area (TPSA) is 77.0 Å². The van der Waals surface area contributed by atoms with E-state index < -0.39 is 5.66 Å². The first kappa shape index (κ1) is 31.0. The molecule has 0 radical (unpaired) electrons. The van der Waals surface area contributed by atoms with Crippen LogP contribution in [-0.2, 0) is 16.1 Å². The van der Waals surface area contributed by atoms with Crippen LogP contribution >= 0.6 is 11.6 Å². The number of carbonyl (C=O) groups is 2. The molecule has 6 nitrogen and oxygen atoms in total. The lowest BCUT2D eigenvalue weighted by Gasteiger charge is -2.42. The molecule has 0 bridgehead atoms. The third kappa shape index (κ3) is 7.73. The molecule has 0 aliphatic heterocycles. The third-order valence-corrected chi connectivity index (χ3v) is 9.21. The zero-order valence-electron chi connectivity index (χ0n) is 25.2. The molecule has 0 heterocycles. The van der Waals surface area contributed by atoms with Gasteiger partial charge < -0.3 is 9.47 Å². The van der Waals surface area contributed by atoms with E-state index in [1.807, 2.05) is 66.7 Å². The quantitative estimate of drug-likeness (QED) is 0.130. The number of carbonyl (C=O) groups excluding carboxylic acids is 2. The van der Waals surface area contributed by atoms with Gasteiger partial charge in [0.25, 0.3) is 0 Å². The van der Waals surface area contributed by atoms with Gasteiger partial charge in [0.2, 0.25) is 0 Å². The van der Waals surface area contributed by atoms with Crippen molar-refractivity contribution < 1.29 is 19.1 Å². The summed E-state index contributed by atoms with van der Waals surface area (Å²) in [6, 6.07) is 23.1. The molecule has 3 aromatic carbocycles. The lowest BCUT2D eigenvalue weighted by Crippen LogP contribution is -2.49. The van der Waals surface area contributed by atoms with Crippen LogP contribution in [-0.4, -0.2) is 30.7 Å². The van der Waals surface area contributed by atoms with Gasteiger partial charge in [-0.2, -0.15) is 0 Å². The van der Waals surface area contributed by atoms with Gasteiger partial charge in [0, 0.05) is 11.6 Å². The van der Waals surface area contributed by atoms with Gasteiger partial charge in [-0.3, -0.25) is 15.1 Å². The van der Waals surface area contributed by atoms with E-state index in [-0.39, 0.29) is 12.0 Å². The average molecular weight is 601 g/mol. The minimum atomic E-state index is -0.592. The Labute approximate surface area is 259 Å². The van der Waals surface area contributed by atoms with Gasteiger partial charge in [-0.15, -0.1) is 0 Å². The second kappa shape index (κ2) is 13.9. The normalized spacial score (nSPS) is 21.3. The predicted molar refractivity (Wildman–Crippen MR) is 171 cm³/mol. The third-order valence-electron chi connectivity index (χ3n) is 8.92. The van der Waals surface area contributed by atoms with E-state index in [2.05, 4.69) is 19.2 Å². The molecule has 0 saturated heterocycles. The average Bonchev–Trinajstić information content (AvgIpc) is 3.88. The first-order valence-electron chi connectivity index (χ1n) is 15.3. The second-order valence-corrected chi connectivity index (χ2v) is 12.6. The molecular weight excluding hydrogens is 560 g/mol. The molecule has 43 heavy (non-hydrogen) atoms. The second-order valence-electron chi connectivity index (χ2n) is 12.2. The Morgan fingerprint density at radius 3 is 2.23 bits per heavy atom. The molecular formula is C36H41ClN2O4. The van der Waals surface area contributed by atoms with Crippen LogP contribution < -0.4 is 10.1 Å². The molecule has 5 rings (SSSR count). The number of nitrogens with zero attached hydrogens (tertiary/aromatic N) is 1. The molecule has 2 fully saturated rings. The highest BCUT2D eigenvalue weighted by atomic mass is 35.5. The number of nitrogens with one attached hydrogen (secondary N) is 1. The highest BCUT2D eigenvalue weighted by Crippen LogP contribution is 2.45. The highest BCUT2D eigenvalue weighted by Gasteiger charge is 2.42. The van der Waals surface area contributed by atoms with Crippen LogP contribution in [0.3, 0.4) is 0 Å².